The Morgan fingerprint density at radius 2 is 2.17 bits per heavy atom. The van der Waals surface area contributed by atoms with Gasteiger partial charge in [0.25, 0.3) is 0 Å². The van der Waals surface area contributed by atoms with Gasteiger partial charge in [-0.3, -0.25) is 4.79 Å². The molecule has 0 aliphatic carbocycles. The van der Waals surface area contributed by atoms with E-state index in [2.05, 4.69) is 21.2 Å². The minimum absolute atomic E-state index is 0.0966. The third-order valence-electron chi connectivity index (χ3n) is 3.18. The molecule has 98 valence electrons. The minimum atomic E-state index is -0.523. The molecule has 18 heavy (non-hydrogen) atoms. The van der Waals surface area contributed by atoms with Crippen molar-refractivity contribution in [2.75, 3.05) is 18.1 Å². The quantitative estimate of drug-likeness (QED) is 0.870. The molecule has 5 heteroatoms. The highest BCUT2D eigenvalue weighted by Crippen LogP contribution is 2.33. The van der Waals surface area contributed by atoms with Crippen molar-refractivity contribution in [2.24, 2.45) is 0 Å². The number of carbonyl (C=O) groups excluding carboxylic acids is 1. The second-order valence-electron chi connectivity index (χ2n) is 5.05. The van der Waals surface area contributed by atoms with Crippen LogP contribution in [0.1, 0.15) is 13.8 Å². The molecular weight excluding hydrogens is 296 g/mol. The molecule has 2 N–H and O–H groups in total. The normalized spacial score (nSPS) is 23.2. The Kier molecular flexibility index (Phi) is 3.75. The fourth-order valence-electron chi connectivity index (χ4n) is 2.21. The molecule has 1 aromatic carbocycles. The van der Waals surface area contributed by atoms with E-state index in [-0.39, 0.29) is 18.1 Å². The topological polar surface area (TPSA) is 52.6 Å². The summed E-state index contributed by atoms with van der Waals surface area (Å²) in [6, 6.07) is 7.11. The third kappa shape index (κ3) is 2.30. The number of carbonyl (C=O) groups is 1. The molecule has 0 spiro atoms. The first-order valence-corrected chi connectivity index (χ1v) is 6.69. The van der Waals surface area contributed by atoms with Crippen LogP contribution in [-0.4, -0.2) is 35.7 Å². The van der Waals surface area contributed by atoms with E-state index in [9.17, 15) is 9.90 Å². The molecule has 1 heterocycles. The Hall–Kier alpha value is -0.910. The minimum Gasteiger partial charge on any atom is -0.394 e. The monoisotopic (exact) mass is 312 g/mol. The van der Waals surface area contributed by atoms with Crippen LogP contribution in [-0.2, 0) is 4.79 Å². The van der Waals surface area contributed by atoms with Gasteiger partial charge in [-0.25, -0.2) is 0 Å². The molecule has 1 saturated heterocycles. The van der Waals surface area contributed by atoms with E-state index in [1.165, 1.54) is 0 Å². The summed E-state index contributed by atoms with van der Waals surface area (Å²) in [6.07, 6.45) is 0. The lowest BCUT2D eigenvalue weighted by Crippen LogP contribution is -2.66. The Morgan fingerprint density at radius 3 is 2.78 bits per heavy atom. The van der Waals surface area contributed by atoms with E-state index >= 15 is 0 Å². The van der Waals surface area contributed by atoms with Gasteiger partial charge in [-0.15, -0.1) is 0 Å². The molecular formula is C13H17BrN2O2. The maximum Gasteiger partial charge on any atom is 0.247 e. The van der Waals surface area contributed by atoms with Crippen molar-refractivity contribution < 1.29 is 9.90 Å². The van der Waals surface area contributed by atoms with Crippen LogP contribution in [0.4, 0.5) is 5.69 Å². The number of piperazine rings is 1. The number of anilines is 1. The van der Waals surface area contributed by atoms with Crippen LogP contribution < -0.4 is 10.2 Å². The molecule has 0 radical (unpaired) electrons. The number of halogens is 1. The largest absolute Gasteiger partial charge is 0.394 e. The predicted molar refractivity (Wildman–Crippen MR) is 74.6 cm³/mol. The second kappa shape index (κ2) is 4.99. The number of amides is 1. The van der Waals surface area contributed by atoms with Crippen LogP contribution in [0.25, 0.3) is 0 Å². The standard InChI is InChI=1S/C13H17BrN2O2/c1-13(2)8-15-10(7-17)12(18)16(13)11-6-4-3-5-9(11)14/h3-6,10,15,17H,7-8H2,1-2H3. The summed E-state index contributed by atoms with van der Waals surface area (Å²) in [5, 5.41) is 12.3. The maximum atomic E-state index is 12.4. The molecule has 0 saturated carbocycles. The van der Waals surface area contributed by atoms with Crippen molar-refractivity contribution in [3.8, 4) is 0 Å². The Morgan fingerprint density at radius 1 is 1.50 bits per heavy atom. The molecule has 0 aromatic heterocycles. The summed E-state index contributed by atoms with van der Waals surface area (Å²) >= 11 is 3.48. The smallest absolute Gasteiger partial charge is 0.247 e. The number of para-hydroxylation sites is 1. The summed E-state index contributed by atoms with van der Waals surface area (Å²) in [5.74, 6) is -0.0966. The molecule has 2 rings (SSSR count). The number of aliphatic hydroxyl groups is 1. The highest BCUT2D eigenvalue weighted by molar-refractivity contribution is 9.10. The summed E-state index contributed by atoms with van der Waals surface area (Å²) in [6.45, 7) is 4.47. The van der Waals surface area contributed by atoms with Gasteiger partial charge in [-0.05, 0) is 41.9 Å². The average Bonchev–Trinajstić information content (AvgIpc) is 2.31. The Labute approximate surface area is 115 Å². The van der Waals surface area contributed by atoms with Crippen molar-refractivity contribution in [1.82, 2.24) is 5.32 Å². The lowest BCUT2D eigenvalue weighted by molar-refractivity contribution is -0.124. The van der Waals surface area contributed by atoms with Crippen LogP contribution in [0, 0.1) is 0 Å². The summed E-state index contributed by atoms with van der Waals surface area (Å²) < 4.78 is 0.880. The summed E-state index contributed by atoms with van der Waals surface area (Å²) in [7, 11) is 0. The van der Waals surface area contributed by atoms with E-state index < -0.39 is 6.04 Å². The van der Waals surface area contributed by atoms with Crippen LogP contribution in [0.15, 0.2) is 28.7 Å². The van der Waals surface area contributed by atoms with E-state index in [4.69, 9.17) is 0 Å². The van der Waals surface area contributed by atoms with Crippen LogP contribution in [0.5, 0.6) is 0 Å². The van der Waals surface area contributed by atoms with Crippen LogP contribution in [0.3, 0.4) is 0 Å². The lowest BCUT2D eigenvalue weighted by Gasteiger charge is -2.45. The first-order valence-electron chi connectivity index (χ1n) is 5.90. The van der Waals surface area contributed by atoms with E-state index in [0.717, 1.165) is 10.2 Å². The average molecular weight is 313 g/mol. The maximum absolute atomic E-state index is 12.4. The molecule has 0 bridgehead atoms. The van der Waals surface area contributed by atoms with Gasteiger partial charge in [0.1, 0.15) is 6.04 Å². The highest BCUT2D eigenvalue weighted by Gasteiger charge is 2.41. The molecule has 4 nitrogen and oxygen atoms in total. The van der Waals surface area contributed by atoms with Gasteiger partial charge in [-0.2, -0.15) is 0 Å². The number of aliphatic hydroxyl groups excluding tert-OH is 1. The van der Waals surface area contributed by atoms with Gasteiger partial charge in [0.05, 0.1) is 17.8 Å². The molecule has 1 aliphatic heterocycles. The number of hydrogen-bond acceptors (Lipinski definition) is 3. The SMILES string of the molecule is CC1(C)CNC(CO)C(=O)N1c1ccccc1Br. The zero-order valence-electron chi connectivity index (χ0n) is 10.5. The molecule has 1 atom stereocenters. The fraction of sp³-hybridized carbons (Fsp3) is 0.462. The molecule has 1 amide bonds. The van der Waals surface area contributed by atoms with E-state index in [1.807, 2.05) is 38.1 Å². The van der Waals surface area contributed by atoms with E-state index in [0.29, 0.717) is 6.54 Å². The summed E-state index contributed by atoms with van der Waals surface area (Å²) in [5.41, 5.74) is 0.513. The van der Waals surface area contributed by atoms with Crippen molar-refractivity contribution in [2.45, 2.75) is 25.4 Å². The van der Waals surface area contributed by atoms with Gasteiger partial charge < -0.3 is 15.3 Å². The number of rotatable bonds is 2. The third-order valence-corrected chi connectivity index (χ3v) is 3.85. The van der Waals surface area contributed by atoms with Gasteiger partial charge in [-0.1, -0.05) is 12.1 Å². The second-order valence-corrected chi connectivity index (χ2v) is 5.91. The first-order chi connectivity index (χ1) is 8.47. The van der Waals surface area contributed by atoms with Gasteiger partial charge in [0, 0.05) is 11.0 Å². The fourth-order valence-corrected chi connectivity index (χ4v) is 2.68. The van der Waals surface area contributed by atoms with Crippen LogP contribution >= 0.6 is 15.9 Å². The molecule has 1 aliphatic rings. The number of nitrogens with one attached hydrogen (secondary N) is 1. The van der Waals surface area contributed by atoms with Crippen molar-refractivity contribution in [1.29, 1.82) is 0 Å². The molecule has 1 fully saturated rings. The molecule has 1 unspecified atom stereocenters. The predicted octanol–water partition coefficient (Wildman–Crippen LogP) is 1.52. The van der Waals surface area contributed by atoms with Crippen LogP contribution in [0.2, 0.25) is 0 Å². The Bertz CT molecular complexity index is 462. The van der Waals surface area contributed by atoms with Gasteiger partial charge in [0.15, 0.2) is 0 Å². The van der Waals surface area contributed by atoms with Crippen molar-refractivity contribution in [3.63, 3.8) is 0 Å². The molecule has 1 aromatic rings. The summed E-state index contributed by atoms with van der Waals surface area (Å²) in [4.78, 5) is 14.2. The van der Waals surface area contributed by atoms with Crippen molar-refractivity contribution >= 4 is 27.5 Å². The Balaban J connectivity index is 2.44. The highest BCUT2D eigenvalue weighted by atomic mass is 79.9. The zero-order valence-corrected chi connectivity index (χ0v) is 12.1. The number of hydrogen-bond donors (Lipinski definition) is 2. The number of nitrogens with zero attached hydrogens (tertiary/aromatic N) is 1. The van der Waals surface area contributed by atoms with Gasteiger partial charge in [0.2, 0.25) is 5.91 Å². The first kappa shape index (κ1) is 13.5. The lowest BCUT2D eigenvalue weighted by atomic mass is 9.96. The van der Waals surface area contributed by atoms with Gasteiger partial charge >= 0.3 is 0 Å². The zero-order chi connectivity index (χ0) is 13.3. The number of benzene rings is 1. The van der Waals surface area contributed by atoms with Crippen molar-refractivity contribution in [3.05, 3.63) is 28.7 Å². The van der Waals surface area contributed by atoms with E-state index in [1.54, 1.807) is 4.90 Å².